The number of nitrogens with zero attached hydrogens (tertiary/aromatic N) is 1. The van der Waals surface area contributed by atoms with Crippen LogP contribution in [0.15, 0.2) is 35.5 Å². The molecule has 0 radical (unpaired) electrons. The fourth-order valence-electron chi connectivity index (χ4n) is 8.54. The first-order valence-electron chi connectivity index (χ1n) is 13.0. The van der Waals surface area contributed by atoms with Gasteiger partial charge in [-0.1, -0.05) is 25.5 Å². The monoisotopic (exact) mass is 504 g/mol. The minimum Gasteiger partial charge on any atom is -0.406 e. The second-order valence-corrected chi connectivity index (χ2v) is 11.8. The number of allylic oxidation sites excluding steroid dienone is 2. The van der Waals surface area contributed by atoms with E-state index in [0.717, 1.165) is 38.5 Å². The fraction of sp³-hybridized carbons (Fsp3) is 0.643. The third kappa shape index (κ3) is 4.01. The summed E-state index contributed by atoms with van der Waals surface area (Å²) in [5.74, 6) is 0.903. The van der Waals surface area contributed by atoms with Gasteiger partial charge < -0.3 is 15.0 Å². The lowest BCUT2D eigenvalue weighted by Crippen LogP contribution is -2.54. The van der Waals surface area contributed by atoms with E-state index in [9.17, 15) is 22.8 Å². The molecule has 3 aliphatic carbocycles. The SMILES string of the molecule is CC1=C2N(C)C(=O)CC[C@]2(C)C2CC[C@]3(C)[C@@H](C(=O)Nc4cccc(OC(F)(F)F)c4)CC[C@H]3C2C1. The molecule has 2 saturated carbocycles. The Bertz CT molecular complexity index is 1120. The zero-order chi connectivity index (χ0) is 26.0. The molecule has 1 aliphatic heterocycles. The summed E-state index contributed by atoms with van der Waals surface area (Å²) in [7, 11) is 1.91. The first kappa shape index (κ1) is 25.2. The molecular formula is C28H35F3N2O3. The highest BCUT2D eigenvalue weighted by molar-refractivity contribution is 5.93. The fourth-order valence-corrected chi connectivity index (χ4v) is 8.54. The van der Waals surface area contributed by atoms with Crippen molar-refractivity contribution in [3.8, 4) is 5.75 Å². The Morgan fingerprint density at radius 3 is 2.61 bits per heavy atom. The van der Waals surface area contributed by atoms with Crippen LogP contribution in [-0.2, 0) is 9.59 Å². The molecule has 8 heteroatoms. The van der Waals surface area contributed by atoms with Crippen LogP contribution in [0.1, 0.15) is 65.7 Å². The molecule has 1 N–H and O–H groups in total. The predicted molar refractivity (Wildman–Crippen MR) is 130 cm³/mol. The summed E-state index contributed by atoms with van der Waals surface area (Å²) in [6.45, 7) is 6.74. The van der Waals surface area contributed by atoms with Crippen molar-refractivity contribution in [3.05, 3.63) is 35.5 Å². The number of anilines is 1. The molecule has 6 atom stereocenters. The van der Waals surface area contributed by atoms with Gasteiger partial charge >= 0.3 is 6.36 Å². The summed E-state index contributed by atoms with van der Waals surface area (Å²) in [5.41, 5.74) is 2.65. The number of halogens is 3. The Labute approximate surface area is 210 Å². The summed E-state index contributed by atoms with van der Waals surface area (Å²) in [6, 6.07) is 5.48. The maximum Gasteiger partial charge on any atom is 0.573 e. The van der Waals surface area contributed by atoms with Crippen LogP contribution in [0.25, 0.3) is 0 Å². The van der Waals surface area contributed by atoms with E-state index in [1.807, 2.05) is 11.9 Å². The number of alkyl halides is 3. The zero-order valence-electron chi connectivity index (χ0n) is 21.4. The number of nitrogens with one attached hydrogen (secondary N) is 1. The third-order valence-corrected chi connectivity index (χ3v) is 9.96. The number of benzene rings is 1. The summed E-state index contributed by atoms with van der Waals surface area (Å²) in [5, 5.41) is 2.87. The highest BCUT2D eigenvalue weighted by atomic mass is 19.4. The van der Waals surface area contributed by atoms with Crippen LogP contribution in [0.5, 0.6) is 5.75 Å². The van der Waals surface area contributed by atoms with Crippen molar-refractivity contribution in [2.24, 2.45) is 34.5 Å². The summed E-state index contributed by atoms with van der Waals surface area (Å²) in [4.78, 5) is 27.8. The summed E-state index contributed by atoms with van der Waals surface area (Å²) < 4.78 is 41.9. The number of hydrogen-bond donors (Lipinski definition) is 1. The Balaban J connectivity index is 1.36. The van der Waals surface area contributed by atoms with Gasteiger partial charge in [-0.15, -0.1) is 13.2 Å². The molecule has 2 unspecified atom stereocenters. The molecule has 5 nitrogen and oxygen atoms in total. The molecule has 2 amide bonds. The average Bonchev–Trinajstić information content (AvgIpc) is 3.13. The Morgan fingerprint density at radius 1 is 1.14 bits per heavy atom. The molecule has 1 saturated heterocycles. The van der Waals surface area contributed by atoms with Crippen molar-refractivity contribution >= 4 is 17.5 Å². The molecule has 5 rings (SSSR count). The second kappa shape index (κ2) is 8.52. The van der Waals surface area contributed by atoms with Crippen molar-refractivity contribution in [2.45, 2.75) is 72.1 Å². The topological polar surface area (TPSA) is 58.6 Å². The standard InChI is InChI=1S/C28H35F3N2O3/c1-16-14-19-20-8-9-22(25(35)32-17-6-5-7-18(15-17)36-28(29,30)31)26(20,2)12-10-21(19)27(3)13-11-23(34)33(4)24(16)27/h5-7,15,19-22H,8-14H2,1-4H3,(H,32,35)/t19?,20-,21?,22+,26-,27+/m0/s1. The quantitative estimate of drug-likeness (QED) is 0.510. The summed E-state index contributed by atoms with van der Waals surface area (Å²) >= 11 is 0. The maximum atomic E-state index is 13.4. The first-order chi connectivity index (χ1) is 16.8. The largest absolute Gasteiger partial charge is 0.573 e. The van der Waals surface area contributed by atoms with E-state index in [1.54, 1.807) is 6.07 Å². The van der Waals surface area contributed by atoms with Crippen LogP contribution < -0.4 is 10.1 Å². The van der Waals surface area contributed by atoms with Crippen LogP contribution in [-0.4, -0.2) is 30.1 Å². The van der Waals surface area contributed by atoms with Gasteiger partial charge in [-0.25, -0.2) is 0 Å². The van der Waals surface area contributed by atoms with Gasteiger partial charge in [-0.3, -0.25) is 9.59 Å². The molecule has 196 valence electrons. The van der Waals surface area contributed by atoms with Crippen LogP contribution in [0.3, 0.4) is 0 Å². The molecule has 1 heterocycles. The second-order valence-electron chi connectivity index (χ2n) is 11.8. The van der Waals surface area contributed by atoms with Crippen LogP contribution in [0, 0.1) is 34.5 Å². The van der Waals surface area contributed by atoms with Gasteiger partial charge in [0.25, 0.3) is 0 Å². The average molecular weight is 505 g/mol. The number of piperidine rings is 1. The van der Waals surface area contributed by atoms with Gasteiger partial charge in [-0.2, -0.15) is 0 Å². The predicted octanol–water partition coefficient (Wildman–Crippen LogP) is 6.52. The Kier molecular flexibility index (Phi) is 5.95. The molecule has 4 aliphatic rings. The maximum absolute atomic E-state index is 13.4. The van der Waals surface area contributed by atoms with E-state index >= 15 is 0 Å². The highest BCUT2D eigenvalue weighted by Gasteiger charge is 2.61. The number of carbonyl (C=O) groups is 2. The van der Waals surface area contributed by atoms with Gasteiger partial charge in [0.2, 0.25) is 11.8 Å². The van der Waals surface area contributed by atoms with Crippen molar-refractivity contribution in [2.75, 3.05) is 12.4 Å². The van der Waals surface area contributed by atoms with Crippen molar-refractivity contribution < 1.29 is 27.5 Å². The van der Waals surface area contributed by atoms with Gasteiger partial charge in [0.15, 0.2) is 0 Å². The minimum atomic E-state index is -4.78. The molecular weight excluding hydrogens is 469 g/mol. The smallest absolute Gasteiger partial charge is 0.406 e. The number of likely N-dealkylation sites (tertiary alicyclic amines) is 1. The Morgan fingerprint density at radius 2 is 1.89 bits per heavy atom. The van der Waals surface area contributed by atoms with E-state index in [2.05, 4.69) is 30.8 Å². The van der Waals surface area contributed by atoms with Gasteiger partial charge in [0, 0.05) is 42.3 Å². The lowest BCUT2D eigenvalue weighted by atomic mass is 9.48. The van der Waals surface area contributed by atoms with Crippen LogP contribution in [0.4, 0.5) is 18.9 Å². The highest BCUT2D eigenvalue weighted by Crippen LogP contribution is 2.66. The molecule has 1 aromatic carbocycles. The number of carbonyl (C=O) groups excluding carboxylic acids is 2. The van der Waals surface area contributed by atoms with E-state index in [-0.39, 0.29) is 34.3 Å². The number of amides is 2. The lowest BCUT2D eigenvalue weighted by molar-refractivity contribution is -0.274. The van der Waals surface area contributed by atoms with Crippen molar-refractivity contribution in [3.63, 3.8) is 0 Å². The molecule has 0 spiro atoms. The van der Waals surface area contributed by atoms with Gasteiger partial charge in [-0.05, 0) is 80.8 Å². The molecule has 0 aromatic heterocycles. The Hall–Kier alpha value is -2.51. The molecule has 1 aromatic rings. The molecule has 3 fully saturated rings. The molecule has 36 heavy (non-hydrogen) atoms. The minimum absolute atomic E-state index is 0.0176. The zero-order valence-corrected chi connectivity index (χ0v) is 21.4. The van der Waals surface area contributed by atoms with Crippen molar-refractivity contribution in [1.82, 2.24) is 4.90 Å². The van der Waals surface area contributed by atoms with Gasteiger partial charge in [0.05, 0.1) is 0 Å². The van der Waals surface area contributed by atoms with Crippen LogP contribution >= 0.6 is 0 Å². The lowest BCUT2D eigenvalue weighted by Gasteiger charge is -2.59. The number of fused-ring (bicyclic) bond motifs is 5. The molecule has 0 bridgehead atoms. The summed E-state index contributed by atoms with van der Waals surface area (Å²) in [6.07, 6.45) is 1.35. The van der Waals surface area contributed by atoms with E-state index in [4.69, 9.17) is 0 Å². The van der Waals surface area contributed by atoms with E-state index in [0.29, 0.717) is 29.9 Å². The third-order valence-electron chi connectivity index (χ3n) is 9.96. The van der Waals surface area contributed by atoms with Crippen LogP contribution in [0.2, 0.25) is 0 Å². The number of rotatable bonds is 3. The van der Waals surface area contributed by atoms with E-state index in [1.165, 1.54) is 29.5 Å². The number of hydrogen-bond acceptors (Lipinski definition) is 3. The van der Waals surface area contributed by atoms with E-state index < -0.39 is 6.36 Å². The number of ether oxygens (including phenoxy) is 1. The normalized spacial score (nSPS) is 36.2. The van der Waals surface area contributed by atoms with Crippen molar-refractivity contribution in [1.29, 1.82) is 0 Å². The first-order valence-corrected chi connectivity index (χ1v) is 13.0. The van der Waals surface area contributed by atoms with Gasteiger partial charge in [0.1, 0.15) is 5.75 Å².